The second-order valence-corrected chi connectivity index (χ2v) is 5.34. The Bertz CT molecular complexity index is 499. The number of carbonyl (C=O) groups is 1. The van der Waals surface area contributed by atoms with Gasteiger partial charge >= 0.3 is 5.97 Å². The molecule has 0 radical (unpaired) electrons. The first-order chi connectivity index (χ1) is 9.04. The van der Waals surface area contributed by atoms with Gasteiger partial charge in [-0.3, -0.25) is 0 Å². The number of likely N-dealkylation sites (N-methyl/N-ethyl adjacent to an activating group) is 2. The number of halogens is 1. The van der Waals surface area contributed by atoms with Gasteiger partial charge in [0.25, 0.3) is 0 Å². The van der Waals surface area contributed by atoms with Crippen molar-refractivity contribution < 1.29 is 9.53 Å². The quantitative estimate of drug-likeness (QED) is 0.800. The van der Waals surface area contributed by atoms with E-state index < -0.39 is 6.17 Å². The van der Waals surface area contributed by atoms with Crippen LogP contribution in [0.1, 0.15) is 12.5 Å². The maximum Gasteiger partial charge on any atom is 0.349 e. The second kappa shape index (κ2) is 5.65. The second-order valence-electron chi connectivity index (χ2n) is 4.42. The molecule has 0 saturated carbocycles. The van der Waals surface area contributed by atoms with Crippen molar-refractivity contribution in [3.05, 3.63) is 40.5 Å². The third-order valence-electron chi connectivity index (χ3n) is 3.10. The molecular formula is C14H17BrN2O2. The molecule has 1 atom stereocenters. The van der Waals surface area contributed by atoms with Crippen LogP contribution in [0.15, 0.2) is 34.9 Å². The van der Waals surface area contributed by atoms with Crippen LogP contribution in [0, 0.1) is 0 Å². The van der Waals surface area contributed by atoms with Crippen molar-refractivity contribution in [1.29, 1.82) is 0 Å². The summed E-state index contributed by atoms with van der Waals surface area (Å²) in [4.78, 5) is 15.8. The molecule has 1 aliphatic heterocycles. The van der Waals surface area contributed by atoms with Crippen molar-refractivity contribution in [2.75, 3.05) is 20.7 Å². The van der Waals surface area contributed by atoms with Crippen molar-refractivity contribution in [2.45, 2.75) is 13.1 Å². The predicted molar refractivity (Wildman–Crippen MR) is 78.1 cm³/mol. The number of benzene rings is 1. The standard InChI is InChI=1S/C14H17BrN2O2/c1-4-19-14(18)13-16(2)9-12(17(13)3)10-5-7-11(15)8-6-10/h5-9,13H,4H2,1-3H3. The van der Waals surface area contributed by atoms with E-state index in [1.807, 2.05) is 61.3 Å². The Morgan fingerprint density at radius 3 is 2.53 bits per heavy atom. The highest BCUT2D eigenvalue weighted by Gasteiger charge is 2.34. The number of esters is 1. The van der Waals surface area contributed by atoms with Gasteiger partial charge in [-0.2, -0.15) is 0 Å². The topological polar surface area (TPSA) is 32.8 Å². The molecular weight excluding hydrogens is 308 g/mol. The van der Waals surface area contributed by atoms with Crippen molar-refractivity contribution in [3.8, 4) is 0 Å². The number of ether oxygens (including phenoxy) is 1. The minimum absolute atomic E-state index is 0.226. The predicted octanol–water partition coefficient (Wildman–Crippen LogP) is 2.51. The summed E-state index contributed by atoms with van der Waals surface area (Å²) in [5, 5.41) is 0. The molecule has 1 heterocycles. The normalized spacial score (nSPS) is 18.5. The highest BCUT2D eigenvalue weighted by Crippen LogP contribution is 2.29. The van der Waals surface area contributed by atoms with Crippen LogP contribution in [-0.4, -0.2) is 42.6 Å². The lowest BCUT2D eigenvalue weighted by Gasteiger charge is -2.27. The molecule has 1 aromatic rings. The van der Waals surface area contributed by atoms with Crippen LogP contribution in [0.2, 0.25) is 0 Å². The lowest BCUT2D eigenvalue weighted by molar-refractivity contribution is -0.151. The largest absolute Gasteiger partial charge is 0.463 e. The minimum atomic E-state index is -0.390. The van der Waals surface area contributed by atoms with Crippen molar-refractivity contribution >= 4 is 27.6 Å². The van der Waals surface area contributed by atoms with E-state index in [9.17, 15) is 4.79 Å². The monoisotopic (exact) mass is 324 g/mol. The van der Waals surface area contributed by atoms with E-state index in [-0.39, 0.29) is 5.97 Å². The summed E-state index contributed by atoms with van der Waals surface area (Å²) in [7, 11) is 3.78. The zero-order valence-electron chi connectivity index (χ0n) is 11.3. The Kier molecular flexibility index (Phi) is 4.14. The van der Waals surface area contributed by atoms with Crippen LogP contribution in [0.3, 0.4) is 0 Å². The minimum Gasteiger partial charge on any atom is -0.463 e. The Morgan fingerprint density at radius 1 is 1.32 bits per heavy atom. The van der Waals surface area contributed by atoms with E-state index in [4.69, 9.17) is 4.74 Å². The number of rotatable bonds is 3. The molecule has 2 rings (SSSR count). The van der Waals surface area contributed by atoms with Crippen LogP contribution >= 0.6 is 15.9 Å². The lowest BCUT2D eigenvalue weighted by Crippen LogP contribution is -2.43. The van der Waals surface area contributed by atoms with Gasteiger partial charge < -0.3 is 14.5 Å². The van der Waals surface area contributed by atoms with Crippen LogP contribution in [0.5, 0.6) is 0 Å². The first-order valence-electron chi connectivity index (χ1n) is 6.13. The summed E-state index contributed by atoms with van der Waals surface area (Å²) in [6.07, 6.45) is 1.57. The summed E-state index contributed by atoms with van der Waals surface area (Å²) in [6.45, 7) is 2.21. The fourth-order valence-corrected chi connectivity index (χ4v) is 2.46. The molecule has 102 valence electrons. The van der Waals surface area contributed by atoms with E-state index in [1.165, 1.54) is 0 Å². The number of hydrogen-bond donors (Lipinski definition) is 0. The third-order valence-corrected chi connectivity index (χ3v) is 3.62. The molecule has 0 amide bonds. The summed E-state index contributed by atoms with van der Waals surface area (Å²) in [6, 6.07) is 8.02. The zero-order chi connectivity index (χ0) is 14.0. The Labute approximate surface area is 121 Å². The van der Waals surface area contributed by atoms with E-state index >= 15 is 0 Å². The van der Waals surface area contributed by atoms with E-state index in [0.29, 0.717) is 6.61 Å². The smallest absolute Gasteiger partial charge is 0.349 e. The SMILES string of the molecule is CCOC(=O)C1N(C)C=C(c2ccc(Br)cc2)N1C. The number of nitrogens with zero attached hydrogens (tertiary/aromatic N) is 2. The zero-order valence-corrected chi connectivity index (χ0v) is 12.8. The van der Waals surface area contributed by atoms with Crippen LogP contribution in [0.25, 0.3) is 5.70 Å². The van der Waals surface area contributed by atoms with E-state index in [2.05, 4.69) is 15.9 Å². The molecule has 1 unspecified atom stereocenters. The summed E-state index contributed by atoms with van der Waals surface area (Å²) >= 11 is 3.42. The third kappa shape index (κ3) is 2.76. The summed E-state index contributed by atoms with van der Waals surface area (Å²) < 4.78 is 6.14. The summed E-state index contributed by atoms with van der Waals surface area (Å²) in [5.74, 6) is -0.226. The van der Waals surface area contributed by atoms with Gasteiger partial charge in [0.1, 0.15) is 0 Å². The van der Waals surface area contributed by atoms with Gasteiger partial charge in [0.15, 0.2) is 0 Å². The average Bonchev–Trinajstić information content (AvgIpc) is 2.66. The van der Waals surface area contributed by atoms with Crippen molar-refractivity contribution in [3.63, 3.8) is 0 Å². The molecule has 0 bridgehead atoms. The number of hydrogen-bond acceptors (Lipinski definition) is 4. The van der Waals surface area contributed by atoms with Crippen molar-refractivity contribution in [2.24, 2.45) is 0 Å². The van der Waals surface area contributed by atoms with Gasteiger partial charge in [-0.25, -0.2) is 4.79 Å². The highest BCUT2D eigenvalue weighted by molar-refractivity contribution is 9.10. The van der Waals surface area contributed by atoms with Crippen LogP contribution < -0.4 is 0 Å². The van der Waals surface area contributed by atoms with E-state index in [0.717, 1.165) is 15.7 Å². The molecule has 1 aromatic carbocycles. The molecule has 0 aliphatic carbocycles. The number of carbonyl (C=O) groups excluding carboxylic acids is 1. The van der Waals surface area contributed by atoms with Gasteiger partial charge in [-0.15, -0.1) is 0 Å². The molecule has 19 heavy (non-hydrogen) atoms. The molecule has 0 spiro atoms. The van der Waals surface area contributed by atoms with Crippen LogP contribution in [0.4, 0.5) is 0 Å². The molecule has 0 saturated heterocycles. The van der Waals surface area contributed by atoms with Gasteiger partial charge in [-0.05, 0) is 24.6 Å². The summed E-state index contributed by atoms with van der Waals surface area (Å²) in [5.41, 5.74) is 2.08. The fraction of sp³-hybridized carbons (Fsp3) is 0.357. The van der Waals surface area contributed by atoms with Gasteiger partial charge in [-0.1, -0.05) is 28.1 Å². The van der Waals surface area contributed by atoms with Crippen LogP contribution in [-0.2, 0) is 9.53 Å². The Hall–Kier alpha value is -1.49. The average molecular weight is 325 g/mol. The Morgan fingerprint density at radius 2 is 1.95 bits per heavy atom. The fourth-order valence-electron chi connectivity index (χ4n) is 2.20. The van der Waals surface area contributed by atoms with Crippen molar-refractivity contribution in [1.82, 2.24) is 9.80 Å². The van der Waals surface area contributed by atoms with E-state index in [1.54, 1.807) is 0 Å². The molecule has 0 N–H and O–H groups in total. The van der Waals surface area contributed by atoms with Gasteiger partial charge in [0.2, 0.25) is 6.17 Å². The molecule has 4 nitrogen and oxygen atoms in total. The molecule has 0 fully saturated rings. The van der Waals surface area contributed by atoms with Gasteiger partial charge in [0.05, 0.1) is 12.3 Å². The maximum atomic E-state index is 12.0. The first kappa shape index (κ1) is 13.9. The lowest BCUT2D eigenvalue weighted by atomic mass is 10.1. The highest BCUT2D eigenvalue weighted by atomic mass is 79.9. The van der Waals surface area contributed by atoms with Gasteiger partial charge in [0, 0.05) is 24.8 Å². The molecule has 5 heteroatoms. The maximum absolute atomic E-state index is 12.0. The molecule has 1 aliphatic rings. The molecule has 0 aromatic heterocycles. The first-order valence-corrected chi connectivity index (χ1v) is 6.93. The Balaban J connectivity index is 2.23.